The van der Waals surface area contributed by atoms with Crippen LogP contribution in [-0.2, 0) is 11.2 Å². The Balaban J connectivity index is 2.10. The number of hydrogen-bond donors (Lipinski definition) is 1. The van der Waals surface area contributed by atoms with Gasteiger partial charge in [-0.25, -0.2) is 4.98 Å². The highest BCUT2D eigenvalue weighted by Gasteiger charge is 2.14. The predicted molar refractivity (Wildman–Crippen MR) is 84.7 cm³/mol. The number of aromatic nitrogens is 2. The number of methoxy groups -OCH3 is 1. The fraction of sp³-hybridized carbons (Fsp3) is 0.533. The Bertz CT molecular complexity index is 521. The van der Waals surface area contributed by atoms with Crippen LogP contribution >= 0.6 is 11.3 Å². The Morgan fingerprint density at radius 2 is 2.25 bits per heavy atom. The molecule has 0 spiro atoms. The second-order valence-corrected chi connectivity index (χ2v) is 6.28. The fourth-order valence-corrected chi connectivity index (χ4v) is 3.12. The molecule has 0 radical (unpaired) electrons. The van der Waals surface area contributed by atoms with Gasteiger partial charge in [0.05, 0.1) is 12.3 Å². The predicted octanol–water partition coefficient (Wildman–Crippen LogP) is 3.50. The Hall–Kier alpha value is -1.33. The summed E-state index contributed by atoms with van der Waals surface area (Å²) in [6.07, 6.45) is 3.14. The van der Waals surface area contributed by atoms with Gasteiger partial charge in [0, 0.05) is 36.7 Å². The van der Waals surface area contributed by atoms with Crippen molar-refractivity contribution in [2.75, 3.05) is 19.0 Å². The number of aryl methyl sites for hydroxylation is 1. The summed E-state index contributed by atoms with van der Waals surface area (Å²) in [5.74, 6) is 0.927. The molecule has 2 rings (SSSR count). The van der Waals surface area contributed by atoms with Gasteiger partial charge in [0.2, 0.25) is 5.95 Å². The summed E-state index contributed by atoms with van der Waals surface area (Å²) < 4.78 is 7.39. The SMILES string of the molecule is COCC(C)Nc1nc(C)cn1C(C)Cc1cccs1. The smallest absolute Gasteiger partial charge is 0.203 e. The van der Waals surface area contributed by atoms with E-state index in [-0.39, 0.29) is 6.04 Å². The minimum Gasteiger partial charge on any atom is -0.383 e. The maximum absolute atomic E-state index is 5.17. The number of ether oxygens (including phenoxy) is 1. The number of nitrogens with one attached hydrogen (secondary N) is 1. The van der Waals surface area contributed by atoms with E-state index < -0.39 is 0 Å². The van der Waals surface area contributed by atoms with E-state index in [0.29, 0.717) is 12.6 Å². The van der Waals surface area contributed by atoms with Gasteiger partial charge in [-0.2, -0.15) is 0 Å². The quantitative estimate of drug-likeness (QED) is 0.849. The van der Waals surface area contributed by atoms with E-state index >= 15 is 0 Å². The first kappa shape index (κ1) is 15.1. The van der Waals surface area contributed by atoms with E-state index in [4.69, 9.17) is 4.74 Å². The van der Waals surface area contributed by atoms with Gasteiger partial charge in [0.1, 0.15) is 0 Å². The summed E-state index contributed by atoms with van der Waals surface area (Å²) in [6.45, 7) is 7.03. The van der Waals surface area contributed by atoms with Crippen molar-refractivity contribution in [2.45, 2.75) is 39.3 Å². The highest BCUT2D eigenvalue weighted by molar-refractivity contribution is 7.09. The first-order chi connectivity index (χ1) is 9.60. The molecule has 4 nitrogen and oxygen atoms in total. The van der Waals surface area contributed by atoms with Gasteiger partial charge in [0.25, 0.3) is 0 Å². The average Bonchev–Trinajstić information content (AvgIpc) is 2.99. The first-order valence-electron chi connectivity index (χ1n) is 6.93. The zero-order valence-corrected chi connectivity index (χ0v) is 13.4. The molecule has 0 saturated carbocycles. The zero-order valence-electron chi connectivity index (χ0n) is 12.6. The molecule has 2 atom stereocenters. The molecule has 0 bridgehead atoms. The van der Waals surface area contributed by atoms with Crippen LogP contribution in [0.15, 0.2) is 23.7 Å². The van der Waals surface area contributed by atoms with Gasteiger partial charge in [0.15, 0.2) is 0 Å². The molecule has 2 aromatic rings. The molecule has 0 amide bonds. The molecule has 110 valence electrons. The Labute approximate surface area is 124 Å². The molecule has 20 heavy (non-hydrogen) atoms. The third kappa shape index (κ3) is 3.84. The highest BCUT2D eigenvalue weighted by atomic mass is 32.1. The van der Waals surface area contributed by atoms with Gasteiger partial charge in [-0.05, 0) is 32.2 Å². The average molecular weight is 293 g/mol. The molecule has 2 heterocycles. The maximum Gasteiger partial charge on any atom is 0.203 e. The lowest BCUT2D eigenvalue weighted by Gasteiger charge is -2.19. The Kier molecular flexibility index (Phi) is 5.20. The second kappa shape index (κ2) is 6.90. The number of thiophene rings is 1. The van der Waals surface area contributed by atoms with Crippen LogP contribution in [0, 0.1) is 6.92 Å². The van der Waals surface area contributed by atoms with Crippen LogP contribution < -0.4 is 5.32 Å². The molecule has 0 fully saturated rings. The van der Waals surface area contributed by atoms with E-state index in [2.05, 4.69) is 52.4 Å². The molecule has 0 aromatic carbocycles. The molecule has 0 aliphatic carbocycles. The molecule has 0 aliphatic heterocycles. The van der Waals surface area contributed by atoms with Crippen molar-refractivity contribution >= 4 is 17.3 Å². The van der Waals surface area contributed by atoms with Crippen LogP contribution in [0.1, 0.15) is 30.5 Å². The lowest BCUT2D eigenvalue weighted by molar-refractivity contribution is 0.190. The number of imidazole rings is 1. The molecule has 2 aromatic heterocycles. The third-order valence-corrected chi connectivity index (χ3v) is 4.10. The van der Waals surface area contributed by atoms with E-state index in [9.17, 15) is 0 Å². The summed E-state index contributed by atoms with van der Waals surface area (Å²) in [5, 5.41) is 5.55. The Morgan fingerprint density at radius 1 is 1.45 bits per heavy atom. The molecule has 0 aliphatic rings. The van der Waals surface area contributed by atoms with Crippen LogP contribution in [0.4, 0.5) is 5.95 Å². The number of hydrogen-bond acceptors (Lipinski definition) is 4. The van der Waals surface area contributed by atoms with Crippen molar-refractivity contribution in [2.24, 2.45) is 0 Å². The molecule has 5 heteroatoms. The van der Waals surface area contributed by atoms with Crippen LogP contribution in [0.25, 0.3) is 0 Å². The standard InChI is InChI=1S/C15H23N3OS/c1-11-9-18(13(3)8-14-6-5-7-20-14)15(16-11)17-12(2)10-19-4/h5-7,9,12-13H,8,10H2,1-4H3,(H,16,17). The largest absolute Gasteiger partial charge is 0.383 e. The lowest BCUT2D eigenvalue weighted by atomic mass is 10.2. The van der Waals surface area contributed by atoms with Gasteiger partial charge >= 0.3 is 0 Å². The number of rotatable bonds is 7. The summed E-state index contributed by atoms with van der Waals surface area (Å²) >= 11 is 1.81. The van der Waals surface area contributed by atoms with Crippen LogP contribution in [0.5, 0.6) is 0 Å². The third-order valence-electron chi connectivity index (χ3n) is 3.20. The van der Waals surface area contributed by atoms with Crippen molar-refractivity contribution in [3.63, 3.8) is 0 Å². The van der Waals surface area contributed by atoms with E-state index in [0.717, 1.165) is 18.1 Å². The molecule has 2 unspecified atom stereocenters. The monoisotopic (exact) mass is 293 g/mol. The van der Waals surface area contributed by atoms with Crippen molar-refractivity contribution in [1.29, 1.82) is 0 Å². The first-order valence-corrected chi connectivity index (χ1v) is 7.81. The second-order valence-electron chi connectivity index (χ2n) is 5.25. The molecule has 0 saturated heterocycles. The van der Waals surface area contributed by atoms with E-state index in [1.165, 1.54) is 4.88 Å². The summed E-state index contributed by atoms with van der Waals surface area (Å²) in [5.41, 5.74) is 1.04. The molecular weight excluding hydrogens is 270 g/mol. The van der Waals surface area contributed by atoms with Crippen molar-refractivity contribution in [3.8, 4) is 0 Å². The number of nitrogens with zero attached hydrogens (tertiary/aromatic N) is 2. The van der Waals surface area contributed by atoms with Crippen LogP contribution in [0.3, 0.4) is 0 Å². The van der Waals surface area contributed by atoms with Gasteiger partial charge < -0.3 is 14.6 Å². The molecular formula is C15H23N3OS. The van der Waals surface area contributed by atoms with Gasteiger partial charge in [-0.15, -0.1) is 11.3 Å². The number of anilines is 1. The minimum atomic E-state index is 0.245. The van der Waals surface area contributed by atoms with Crippen molar-refractivity contribution in [1.82, 2.24) is 9.55 Å². The lowest BCUT2D eigenvalue weighted by Crippen LogP contribution is -2.24. The topological polar surface area (TPSA) is 39.1 Å². The summed E-state index contributed by atoms with van der Waals surface area (Å²) in [4.78, 5) is 5.99. The van der Waals surface area contributed by atoms with Crippen molar-refractivity contribution < 1.29 is 4.74 Å². The summed E-state index contributed by atoms with van der Waals surface area (Å²) in [7, 11) is 1.72. The summed E-state index contributed by atoms with van der Waals surface area (Å²) in [6, 6.07) is 4.92. The van der Waals surface area contributed by atoms with Gasteiger partial charge in [-0.3, -0.25) is 0 Å². The fourth-order valence-electron chi connectivity index (χ4n) is 2.29. The van der Waals surface area contributed by atoms with Crippen molar-refractivity contribution in [3.05, 3.63) is 34.3 Å². The zero-order chi connectivity index (χ0) is 14.5. The maximum atomic E-state index is 5.17. The van der Waals surface area contributed by atoms with E-state index in [1.807, 2.05) is 6.92 Å². The van der Waals surface area contributed by atoms with Crippen LogP contribution in [-0.4, -0.2) is 29.3 Å². The molecule has 1 N–H and O–H groups in total. The van der Waals surface area contributed by atoms with Gasteiger partial charge in [-0.1, -0.05) is 6.07 Å². The highest BCUT2D eigenvalue weighted by Crippen LogP contribution is 2.22. The van der Waals surface area contributed by atoms with E-state index in [1.54, 1.807) is 18.4 Å². The Morgan fingerprint density at radius 3 is 2.90 bits per heavy atom. The van der Waals surface area contributed by atoms with Crippen LogP contribution in [0.2, 0.25) is 0 Å². The normalized spacial score (nSPS) is 14.2. The minimum absolute atomic E-state index is 0.245.